The minimum absolute atomic E-state index is 0.0634. The molecule has 2 rings (SSSR count). The smallest absolute Gasteiger partial charge is 0.326 e. The van der Waals surface area contributed by atoms with Crippen molar-refractivity contribution in [3.63, 3.8) is 0 Å². The molecule has 0 saturated carbocycles. The van der Waals surface area contributed by atoms with Crippen molar-refractivity contribution in [2.24, 2.45) is 17.6 Å². The number of rotatable bonds is 18. The first-order valence-electron chi connectivity index (χ1n) is 16.6. The molecule has 0 bridgehead atoms. The molecule has 1 heterocycles. The largest absolute Gasteiger partial charge is 0.508 e. The second kappa shape index (κ2) is 19.0. The van der Waals surface area contributed by atoms with Gasteiger partial charge in [0.05, 0.1) is 18.8 Å². The molecule has 0 aromatic heterocycles. The molecule has 1 aliphatic rings. The van der Waals surface area contributed by atoms with Crippen LogP contribution in [0.15, 0.2) is 24.3 Å². The lowest BCUT2D eigenvalue weighted by molar-refractivity contribution is -0.144. The van der Waals surface area contributed by atoms with Gasteiger partial charge < -0.3 is 52.3 Å². The molecule has 1 aromatic carbocycles. The molecular formula is C33H52N6O10. The van der Waals surface area contributed by atoms with Crippen molar-refractivity contribution >= 4 is 35.5 Å². The molecule has 0 radical (unpaired) electrons. The third kappa shape index (κ3) is 11.4. The average molecular weight is 693 g/mol. The summed E-state index contributed by atoms with van der Waals surface area (Å²) < 4.78 is 0. The van der Waals surface area contributed by atoms with Crippen LogP contribution in [-0.4, -0.2) is 116 Å². The van der Waals surface area contributed by atoms with Crippen LogP contribution in [-0.2, 0) is 35.2 Å². The highest BCUT2D eigenvalue weighted by Crippen LogP contribution is 2.20. The molecule has 16 heteroatoms. The van der Waals surface area contributed by atoms with Crippen molar-refractivity contribution < 1.29 is 49.2 Å². The summed E-state index contributed by atoms with van der Waals surface area (Å²) in [6.07, 6.45) is 0.363. The van der Waals surface area contributed by atoms with Gasteiger partial charge in [0.15, 0.2) is 0 Å². The quantitative estimate of drug-likeness (QED) is 0.0877. The number of hydrogen-bond donors (Lipinski definition) is 9. The number of phenols is 1. The van der Waals surface area contributed by atoms with Gasteiger partial charge in [-0.05, 0) is 55.7 Å². The van der Waals surface area contributed by atoms with Crippen LogP contribution in [0.5, 0.6) is 5.75 Å². The second-order valence-electron chi connectivity index (χ2n) is 12.7. The summed E-state index contributed by atoms with van der Waals surface area (Å²) in [5.41, 5.74) is 6.87. The first-order valence-corrected chi connectivity index (χ1v) is 16.6. The zero-order chi connectivity index (χ0) is 37.0. The number of carboxylic acids is 1. The second-order valence-corrected chi connectivity index (χ2v) is 12.7. The van der Waals surface area contributed by atoms with Crippen molar-refractivity contribution in [1.82, 2.24) is 26.2 Å². The number of aromatic hydroxyl groups is 1. The number of nitrogens with two attached hydrogens (primary N) is 1. The highest BCUT2D eigenvalue weighted by molar-refractivity contribution is 5.96. The van der Waals surface area contributed by atoms with E-state index in [4.69, 9.17) is 5.73 Å². The Morgan fingerprint density at radius 1 is 0.857 bits per heavy atom. The molecule has 9 atom stereocenters. The van der Waals surface area contributed by atoms with Gasteiger partial charge in [-0.15, -0.1) is 0 Å². The Balaban J connectivity index is 2.12. The normalized spacial score (nSPS) is 19.3. The van der Waals surface area contributed by atoms with E-state index in [0.29, 0.717) is 24.8 Å². The number of carboxylic acid groups (broad SMARTS) is 1. The minimum Gasteiger partial charge on any atom is -0.508 e. The van der Waals surface area contributed by atoms with Crippen molar-refractivity contribution in [2.75, 3.05) is 13.2 Å². The molecule has 16 nitrogen and oxygen atoms in total. The molecular weight excluding hydrogens is 640 g/mol. The number of carbonyl (C=O) groups is 6. The van der Waals surface area contributed by atoms with Gasteiger partial charge in [0.1, 0.15) is 36.0 Å². The Bertz CT molecular complexity index is 1310. The number of aliphatic hydroxyl groups excluding tert-OH is 2. The summed E-state index contributed by atoms with van der Waals surface area (Å²) >= 11 is 0. The summed E-state index contributed by atoms with van der Waals surface area (Å²) in [7, 11) is 0. The Labute approximate surface area is 286 Å². The van der Waals surface area contributed by atoms with E-state index < -0.39 is 96.3 Å². The lowest BCUT2D eigenvalue weighted by Gasteiger charge is -2.30. The van der Waals surface area contributed by atoms with Crippen molar-refractivity contribution in [1.29, 1.82) is 0 Å². The lowest BCUT2D eigenvalue weighted by Crippen LogP contribution is -2.62. The monoisotopic (exact) mass is 692 g/mol. The maximum Gasteiger partial charge on any atom is 0.326 e. The molecule has 1 fully saturated rings. The average Bonchev–Trinajstić information content (AvgIpc) is 3.56. The van der Waals surface area contributed by atoms with Gasteiger partial charge in [0.2, 0.25) is 29.5 Å². The molecule has 1 aliphatic heterocycles. The first-order chi connectivity index (χ1) is 23.1. The van der Waals surface area contributed by atoms with E-state index in [-0.39, 0.29) is 25.1 Å². The maximum atomic E-state index is 13.3. The van der Waals surface area contributed by atoms with Crippen molar-refractivity contribution in [2.45, 2.75) is 109 Å². The van der Waals surface area contributed by atoms with Crippen LogP contribution in [0.2, 0.25) is 0 Å². The van der Waals surface area contributed by atoms with E-state index in [9.17, 15) is 49.2 Å². The van der Waals surface area contributed by atoms with E-state index in [1.54, 1.807) is 39.8 Å². The summed E-state index contributed by atoms with van der Waals surface area (Å²) in [4.78, 5) is 79.2. The predicted molar refractivity (Wildman–Crippen MR) is 178 cm³/mol. The number of hydrogen-bond acceptors (Lipinski definition) is 10. The fourth-order valence-electron chi connectivity index (χ4n) is 5.48. The number of carbonyl (C=O) groups excluding carboxylic acids is 5. The van der Waals surface area contributed by atoms with Gasteiger partial charge in [-0.25, -0.2) is 4.79 Å². The Hall–Kier alpha value is -4.28. The Kier molecular flexibility index (Phi) is 15.9. The molecule has 5 amide bonds. The topological polar surface area (TPSA) is 261 Å². The fourth-order valence-corrected chi connectivity index (χ4v) is 5.48. The van der Waals surface area contributed by atoms with Crippen molar-refractivity contribution in [3.05, 3.63) is 29.8 Å². The van der Waals surface area contributed by atoms with Crippen LogP contribution in [0.3, 0.4) is 0 Å². The summed E-state index contributed by atoms with van der Waals surface area (Å²) in [5, 5.41) is 49.2. The molecule has 0 spiro atoms. The zero-order valence-electron chi connectivity index (χ0n) is 28.7. The van der Waals surface area contributed by atoms with Crippen LogP contribution >= 0.6 is 0 Å². The zero-order valence-corrected chi connectivity index (χ0v) is 28.7. The highest BCUT2D eigenvalue weighted by Gasteiger charge is 2.39. The van der Waals surface area contributed by atoms with E-state index in [0.717, 1.165) is 0 Å². The molecule has 1 saturated heterocycles. The van der Waals surface area contributed by atoms with Crippen LogP contribution in [0.25, 0.3) is 0 Å². The van der Waals surface area contributed by atoms with Gasteiger partial charge in [0, 0.05) is 6.54 Å². The number of benzene rings is 1. The van der Waals surface area contributed by atoms with E-state index in [2.05, 4.69) is 21.3 Å². The molecule has 49 heavy (non-hydrogen) atoms. The van der Waals surface area contributed by atoms with Gasteiger partial charge in [0.25, 0.3) is 0 Å². The number of aliphatic carboxylic acids is 1. The summed E-state index contributed by atoms with van der Waals surface area (Å²) in [6.45, 7) is 7.47. The maximum absolute atomic E-state index is 13.3. The summed E-state index contributed by atoms with van der Waals surface area (Å²) in [5.74, 6) is -5.94. The van der Waals surface area contributed by atoms with Gasteiger partial charge in [-0.1, -0.05) is 52.7 Å². The van der Waals surface area contributed by atoms with Gasteiger partial charge in [-0.2, -0.15) is 0 Å². The van der Waals surface area contributed by atoms with E-state index in [1.165, 1.54) is 24.0 Å². The van der Waals surface area contributed by atoms with Crippen molar-refractivity contribution in [3.8, 4) is 5.75 Å². The molecule has 0 aliphatic carbocycles. The molecule has 274 valence electrons. The summed E-state index contributed by atoms with van der Waals surface area (Å²) in [6, 6.07) is -1.36. The third-order valence-electron chi connectivity index (χ3n) is 9.00. The Morgan fingerprint density at radius 3 is 1.94 bits per heavy atom. The molecule has 1 aromatic rings. The standard InChI is InChI=1S/C33H52N6O10/c1-6-17(3)25(30(45)37-26(33(48)49)18(4)7-2)36-28(43)23(16-40)35-31(46)27(19(5)41)38-29(44)24-9-8-14-39(24)32(47)22(34)15-20-10-12-21(42)13-11-20/h10-13,17-19,22-27,40-42H,6-9,14-16,34H2,1-5H3,(H,35,46)(H,36,43)(H,37,45)(H,38,44)(H,48,49)/t17-,18-,19+,22-,23-,24-,25-,26-,27-/m0/s1. The van der Waals surface area contributed by atoms with Gasteiger partial charge >= 0.3 is 5.97 Å². The Morgan fingerprint density at radius 2 is 1.41 bits per heavy atom. The molecule has 10 N–H and O–H groups in total. The number of nitrogens with zero attached hydrogens (tertiary/aromatic N) is 1. The number of likely N-dealkylation sites (tertiary alicyclic amines) is 1. The number of nitrogens with one attached hydrogen (secondary N) is 4. The van der Waals surface area contributed by atoms with Crippen LogP contribution in [0, 0.1) is 11.8 Å². The third-order valence-corrected chi connectivity index (χ3v) is 9.00. The number of amides is 5. The highest BCUT2D eigenvalue weighted by atomic mass is 16.4. The minimum atomic E-state index is -1.60. The van der Waals surface area contributed by atoms with Crippen LogP contribution < -0.4 is 27.0 Å². The van der Waals surface area contributed by atoms with Crippen LogP contribution in [0.4, 0.5) is 0 Å². The fraction of sp³-hybridized carbons (Fsp3) is 0.636. The predicted octanol–water partition coefficient (Wildman–Crippen LogP) is -1.26. The van der Waals surface area contributed by atoms with E-state index in [1.807, 2.05) is 0 Å². The number of aliphatic hydroxyl groups is 2. The van der Waals surface area contributed by atoms with Gasteiger partial charge in [-0.3, -0.25) is 24.0 Å². The number of phenolic OH excluding ortho intramolecular Hbond substituents is 1. The van der Waals surface area contributed by atoms with E-state index >= 15 is 0 Å². The molecule has 0 unspecified atom stereocenters. The first kappa shape index (κ1) is 40.9. The SMILES string of the molecule is CC[C@H](C)[C@H](NC(=O)[C@@H](NC(=O)[C@H](CO)NC(=O)[C@@H](NC(=O)[C@@H]1CCCN1C(=O)[C@@H](N)Cc1ccc(O)cc1)[C@@H](C)O)[C@@H](C)CC)C(=O)O. The van der Waals surface area contributed by atoms with Crippen LogP contribution in [0.1, 0.15) is 65.9 Å². The lowest BCUT2D eigenvalue weighted by atomic mass is 9.95.